The lowest BCUT2D eigenvalue weighted by Gasteiger charge is -2.37. The second kappa shape index (κ2) is 11.0. The summed E-state index contributed by atoms with van der Waals surface area (Å²) in [6.07, 6.45) is 1.87. The summed E-state index contributed by atoms with van der Waals surface area (Å²) in [5.41, 5.74) is 4.17. The first kappa shape index (κ1) is 29.3. The third-order valence-corrected chi connectivity index (χ3v) is 9.16. The second-order valence-electron chi connectivity index (χ2n) is 10.9. The summed E-state index contributed by atoms with van der Waals surface area (Å²) in [7, 11) is -3.23. The van der Waals surface area contributed by atoms with Crippen molar-refractivity contribution in [2.45, 2.75) is 92.7 Å². The van der Waals surface area contributed by atoms with Gasteiger partial charge in [0.05, 0.1) is 5.75 Å². The summed E-state index contributed by atoms with van der Waals surface area (Å²) in [5.74, 6) is 0.861. The first-order valence-electron chi connectivity index (χ1n) is 12.7. The van der Waals surface area contributed by atoms with Crippen LogP contribution in [0.15, 0.2) is 36.4 Å². The molecule has 0 radical (unpaired) electrons. The Morgan fingerprint density at radius 3 is 1.89 bits per heavy atom. The number of ether oxygens (including phenoxy) is 1. The zero-order valence-electron chi connectivity index (χ0n) is 23.1. The van der Waals surface area contributed by atoms with Crippen LogP contribution in [0.4, 0.5) is 0 Å². The van der Waals surface area contributed by atoms with Crippen molar-refractivity contribution in [3.8, 4) is 5.75 Å². The zero-order valence-corrected chi connectivity index (χ0v) is 23.9. The van der Waals surface area contributed by atoms with E-state index in [1.807, 2.05) is 46.8 Å². The Hall–Kier alpha value is -1.89. The normalized spacial score (nSPS) is 14.6. The SMILES string of the molecule is CCC(CC)(c1ccc(CNS(=O)(=O)CC)c(C)c1)c1ccc(OCC(C)(O)C(C)(C)C)c(C)c1. The molecule has 0 aliphatic heterocycles. The van der Waals surface area contributed by atoms with Crippen LogP contribution in [-0.2, 0) is 22.0 Å². The largest absolute Gasteiger partial charge is 0.490 e. The number of aryl methyl sites for hydroxylation is 2. The monoisotopic (exact) mass is 503 g/mol. The van der Waals surface area contributed by atoms with Gasteiger partial charge in [0.25, 0.3) is 0 Å². The number of hydrogen-bond acceptors (Lipinski definition) is 4. The highest BCUT2D eigenvalue weighted by Crippen LogP contribution is 2.41. The molecule has 2 aromatic carbocycles. The van der Waals surface area contributed by atoms with Crippen molar-refractivity contribution in [3.05, 3.63) is 64.2 Å². The van der Waals surface area contributed by atoms with Gasteiger partial charge in [-0.25, -0.2) is 13.1 Å². The van der Waals surface area contributed by atoms with Crippen molar-refractivity contribution in [1.82, 2.24) is 4.72 Å². The molecule has 2 N–H and O–H groups in total. The van der Waals surface area contributed by atoms with E-state index < -0.39 is 15.6 Å². The summed E-state index contributed by atoms with van der Waals surface area (Å²) in [6, 6.07) is 12.7. The molecule has 1 unspecified atom stereocenters. The lowest BCUT2D eigenvalue weighted by Crippen LogP contribution is -2.45. The average Bonchev–Trinajstić information content (AvgIpc) is 2.78. The van der Waals surface area contributed by atoms with Crippen LogP contribution in [0.1, 0.15) is 89.1 Å². The molecule has 0 aliphatic rings. The summed E-state index contributed by atoms with van der Waals surface area (Å²) < 4.78 is 32.5. The molecule has 2 rings (SSSR count). The molecule has 5 nitrogen and oxygen atoms in total. The molecule has 0 spiro atoms. The van der Waals surface area contributed by atoms with Gasteiger partial charge in [0.2, 0.25) is 10.0 Å². The molecule has 1 atom stereocenters. The van der Waals surface area contributed by atoms with Crippen LogP contribution in [0.3, 0.4) is 0 Å². The maximum absolute atomic E-state index is 11.9. The fourth-order valence-electron chi connectivity index (χ4n) is 4.26. The van der Waals surface area contributed by atoms with Gasteiger partial charge >= 0.3 is 0 Å². The van der Waals surface area contributed by atoms with Crippen molar-refractivity contribution in [2.24, 2.45) is 5.41 Å². The van der Waals surface area contributed by atoms with Crippen LogP contribution in [0.25, 0.3) is 0 Å². The Balaban J connectivity index is 2.36. The summed E-state index contributed by atoms with van der Waals surface area (Å²) >= 11 is 0. The van der Waals surface area contributed by atoms with Gasteiger partial charge in [-0.2, -0.15) is 0 Å². The average molecular weight is 504 g/mol. The topological polar surface area (TPSA) is 75.6 Å². The van der Waals surface area contributed by atoms with E-state index in [0.717, 1.165) is 35.3 Å². The number of aliphatic hydroxyl groups is 1. The molecule has 0 saturated heterocycles. The van der Waals surface area contributed by atoms with Gasteiger partial charge in [-0.05, 0) is 79.8 Å². The van der Waals surface area contributed by atoms with Crippen molar-refractivity contribution in [3.63, 3.8) is 0 Å². The zero-order chi connectivity index (χ0) is 26.7. The Bertz CT molecular complexity index is 1110. The van der Waals surface area contributed by atoms with Gasteiger partial charge in [-0.15, -0.1) is 0 Å². The Kier molecular flexibility index (Phi) is 9.24. The number of sulfonamides is 1. The van der Waals surface area contributed by atoms with Gasteiger partial charge in [-0.1, -0.05) is 65.0 Å². The highest BCUT2D eigenvalue weighted by Gasteiger charge is 2.36. The molecule has 6 heteroatoms. The molecular weight excluding hydrogens is 458 g/mol. The van der Waals surface area contributed by atoms with Crippen molar-refractivity contribution < 1.29 is 18.3 Å². The van der Waals surface area contributed by atoms with E-state index in [1.54, 1.807) is 6.92 Å². The molecule has 0 aliphatic carbocycles. The van der Waals surface area contributed by atoms with Gasteiger partial charge in [0.15, 0.2) is 0 Å². The van der Waals surface area contributed by atoms with E-state index in [1.165, 1.54) is 11.1 Å². The van der Waals surface area contributed by atoms with E-state index in [-0.39, 0.29) is 23.2 Å². The predicted molar refractivity (Wildman–Crippen MR) is 146 cm³/mol. The van der Waals surface area contributed by atoms with E-state index in [0.29, 0.717) is 6.54 Å². The van der Waals surface area contributed by atoms with Gasteiger partial charge in [0.1, 0.15) is 18.0 Å². The minimum Gasteiger partial charge on any atom is -0.490 e. The summed E-state index contributed by atoms with van der Waals surface area (Å²) in [6.45, 7) is 18.5. The molecule has 0 aromatic heterocycles. The molecule has 35 heavy (non-hydrogen) atoms. The molecule has 196 valence electrons. The minimum absolute atomic E-state index is 0.0751. The van der Waals surface area contributed by atoms with Crippen molar-refractivity contribution in [2.75, 3.05) is 12.4 Å². The number of rotatable bonds is 11. The maximum atomic E-state index is 11.9. The second-order valence-corrected chi connectivity index (χ2v) is 13.0. The van der Waals surface area contributed by atoms with Gasteiger partial charge in [0, 0.05) is 12.0 Å². The van der Waals surface area contributed by atoms with Gasteiger partial charge in [-0.3, -0.25) is 0 Å². The third kappa shape index (κ3) is 6.66. The highest BCUT2D eigenvalue weighted by atomic mass is 32.2. The lowest BCUT2D eigenvalue weighted by molar-refractivity contribution is -0.0725. The number of hydrogen-bond donors (Lipinski definition) is 2. The minimum atomic E-state index is -3.23. The molecule has 0 heterocycles. The Morgan fingerprint density at radius 1 is 0.886 bits per heavy atom. The van der Waals surface area contributed by atoms with Gasteiger partial charge < -0.3 is 9.84 Å². The summed E-state index contributed by atoms with van der Waals surface area (Å²) in [4.78, 5) is 0. The first-order chi connectivity index (χ1) is 16.1. The fraction of sp³-hybridized carbons (Fsp3) is 0.586. The predicted octanol–water partition coefficient (Wildman–Crippen LogP) is 6.02. The Labute approximate surface area is 213 Å². The van der Waals surface area contributed by atoms with Crippen LogP contribution in [0.5, 0.6) is 5.75 Å². The van der Waals surface area contributed by atoms with Crippen LogP contribution in [-0.4, -0.2) is 31.5 Å². The molecule has 2 aromatic rings. The first-order valence-corrected chi connectivity index (χ1v) is 14.3. The number of nitrogens with one attached hydrogen (secondary N) is 1. The van der Waals surface area contributed by atoms with E-state index in [2.05, 4.69) is 49.8 Å². The lowest BCUT2D eigenvalue weighted by atomic mass is 9.70. The third-order valence-electron chi connectivity index (χ3n) is 7.82. The van der Waals surface area contributed by atoms with Crippen LogP contribution >= 0.6 is 0 Å². The standard InChI is InChI=1S/C29H45NO4S/c1-10-29(11-2,24-14-13-23(21(4)17-24)19-30-35(32,33)12-3)25-15-16-26(22(5)18-25)34-20-28(9,31)27(6,7)8/h13-18,30-31H,10-12,19-20H2,1-9H3. The van der Waals surface area contributed by atoms with Crippen LogP contribution in [0, 0.1) is 19.3 Å². The van der Waals surface area contributed by atoms with Crippen LogP contribution in [0.2, 0.25) is 0 Å². The molecular formula is C29H45NO4S. The quantitative estimate of drug-likeness (QED) is 0.393. The molecule has 0 bridgehead atoms. The fourth-order valence-corrected chi connectivity index (χ4v) is 4.84. The van der Waals surface area contributed by atoms with Crippen molar-refractivity contribution >= 4 is 10.0 Å². The van der Waals surface area contributed by atoms with E-state index in [4.69, 9.17) is 4.74 Å². The molecule has 0 amide bonds. The summed E-state index contributed by atoms with van der Waals surface area (Å²) in [5, 5.41) is 10.8. The van der Waals surface area contributed by atoms with E-state index in [9.17, 15) is 13.5 Å². The molecule has 0 fully saturated rings. The van der Waals surface area contributed by atoms with Crippen molar-refractivity contribution in [1.29, 1.82) is 0 Å². The smallest absolute Gasteiger partial charge is 0.211 e. The highest BCUT2D eigenvalue weighted by molar-refractivity contribution is 7.89. The van der Waals surface area contributed by atoms with E-state index >= 15 is 0 Å². The number of benzene rings is 2. The Morgan fingerprint density at radius 2 is 1.43 bits per heavy atom. The molecule has 0 saturated carbocycles. The van der Waals surface area contributed by atoms with Crippen LogP contribution < -0.4 is 9.46 Å². The maximum Gasteiger partial charge on any atom is 0.211 e.